The molecule has 2 fully saturated rings. The van der Waals surface area contributed by atoms with Gasteiger partial charge < -0.3 is 10.0 Å². The van der Waals surface area contributed by atoms with Gasteiger partial charge in [-0.15, -0.1) is 0 Å². The molecule has 1 amide bonds. The van der Waals surface area contributed by atoms with E-state index in [0.29, 0.717) is 16.5 Å². The van der Waals surface area contributed by atoms with E-state index in [9.17, 15) is 9.90 Å². The van der Waals surface area contributed by atoms with Crippen LogP contribution >= 0.6 is 12.2 Å². The smallest absolute Gasteiger partial charge is 0.259 e. The van der Waals surface area contributed by atoms with Gasteiger partial charge in [0.25, 0.3) is 5.91 Å². The minimum Gasteiger partial charge on any atom is -0.392 e. The molecule has 0 atom stereocenters. The first kappa shape index (κ1) is 17.7. The minimum atomic E-state index is -0.621. The highest BCUT2D eigenvalue weighted by molar-refractivity contribution is 7.81. The first-order chi connectivity index (χ1) is 13.0. The molecule has 2 aliphatic rings. The Labute approximate surface area is 163 Å². The summed E-state index contributed by atoms with van der Waals surface area (Å²) in [6.07, 6.45) is 2.52. The largest absolute Gasteiger partial charge is 0.392 e. The number of carbonyl (C=O) groups is 1. The van der Waals surface area contributed by atoms with Crippen LogP contribution in [0.1, 0.15) is 30.4 Å². The molecule has 0 aromatic heterocycles. The Bertz CT molecular complexity index is 974. The van der Waals surface area contributed by atoms with Crippen LogP contribution in [0, 0.1) is 13.5 Å². The molecule has 6 heteroatoms. The highest BCUT2D eigenvalue weighted by Crippen LogP contribution is 2.48. The molecule has 4 rings (SSSR count). The molecule has 1 aliphatic carbocycles. The number of aryl methyl sites for hydroxylation is 1. The first-order valence-electron chi connectivity index (χ1n) is 8.88. The van der Waals surface area contributed by atoms with E-state index in [-0.39, 0.29) is 12.5 Å². The second-order valence-corrected chi connectivity index (χ2v) is 7.42. The fourth-order valence-electron chi connectivity index (χ4n) is 3.86. The standard InChI is InChI=1S/C21H19N3O2S/c1-14-12-17(8-9-18(14)22-2)23-19(26)21(10-3-11-21)24(20(23)27)16-6-4-15(13-25)5-7-16/h4-9,12,25H,3,10-11,13H2,1H3. The zero-order valence-electron chi connectivity index (χ0n) is 15.0. The molecule has 5 nitrogen and oxygen atoms in total. The number of aliphatic hydroxyl groups is 1. The predicted molar refractivity (Wildman–Crippen MR) is 109 cm³/mol. The van der Waals surface area contributed by atoms with E-state index in [1.807, 2.05) is 42.2 Å². The molecule has 1 aliphatic heterocycles. The maximum absolute atomic E-state index is 13.4. The molecule has 1 N–H and O–H groups in total. The highest BCUT2D eigenvalue weighted by atomic mass is 32.1. The van der Waals surface area contributed by atoms with Crippen molar-refractivity contribution in [1.29, 1.82) is 0 Å². The Morgan fingerprint density at radius 3 is 2.37 bits per heavy atom. The number of thiocarbonyl (C=S) groups is 1. The quantitative estimate of drug-likeness (QED) is 0.646. The van der Waals surface area contributed by atoms with E-state index < -0.39 is 5.54 Å². The third kappa shape index (κ3) is 2.54. The van der Waals surface area contributed by atoms with Gasteiger partial charge in [0.1, 0.15) is 5.54 Å². The van der Waals surface area contributed by atoms with E-state index in [0.717, 1.165) is 36.1 Å². The average Bonchev–Trinajstić information content (AvgIpc) is 2.88. The number of amides is 1. The summed E-state index contributed by atoms with van der Waals surface area (Å²) in [5.41, 5.74) is 3.17. The predicted octanol–water partition coefficient (Wildman–Crippen LogP) is 4.10. The van der Waals surface area contributed by atoms with Crippen molar-refractivity contribution in [2.45, 2.75) is 38.3 Å². The van der Waals surface area contributed by atoms with Crippen molar-refractivity contribution in [3.8, 4) is 0 Å². The Kier molecular flexibility index (Phi) is 4.22. The summed E-state index contributed by atoms with van der Waals surface area (Å²) in [6, 6.07) is 12.9. The van der Waals surface area contributed by atoms with Gasteiger partial charge in [0, 0.05) is 11.4 Å². The van der Waals surface area contributed by atoms with Crippen LogP contribution in [0.5, 0.6) is 0 Å². The van der Waals surface area contributed by atoms with Crippen LogP contribution in [0.15, 0.2) is 42.5 Å². The fourth-order valence-corrected chi connectivity index (χ4v) is 4.33. The number of nitrogens with zero attached hydrogens (tertiary/aromatic N) is 3. The van der Waals surface area contributed by atoms with Gasteiger partial charge in [-0.3, -0.25) is 9.69 Å². The number of aliphatic hydroxyl groups excluding tert-OH is 1. The molecule has 2 aromatic carbocycles. The summed E-state index contributed by atoms with van der Waals surface area (Å²) in [7, 11) is 0. The van der Waals surface area contributed by atoms with Crippen LogP contribution in [-0.2, 0) is 11.4 Å². The van der Waals surface area contributed by atoms with Crippen molar-refractivity contribution in [2.75, 3.05) is 9.80 Å². The summed E-state index contributed by atoms with van der Waals surface area (Å²) in [4.78, 5) is 20.5. The van der Waals surface area contributed by atoms with Gasteiger partial charge in [0.05, 0.1) is 13.2 Å². The fraction of sp³-hybridized carbons (Fsp3) is 0.286. The lowest BCUT2D eigenvalue weighted by atomic mass is 9.75. The van der Waals surface area contributed by atoms with Gasteiger partial charge in [0.2, 0.25) is 0 Å². The van der Waals surface area contributed by atoms with Crippen molar-refractivity contribution in [1.82, 2.24) is 0 Å². The molecule has 0 radical (unpaired) electrons. The minimum absolute atomic E-state index is 0.0000491. The van der Waals surface area contributed by atoms with E-state index >= 15 is 0 Å². The summed E-state index contributed by atoms with van der Waals surface area (Å²) < 4.78 is 0. The topological polar surface area (TPSA) is 48.1 Å². The van der Waals surface area contributed by atoms with Crippen molar-refractivity contribution in [3.63, 3.8) is 0 Å². The van der Waals surface area contributed by atoms with E-state index in [1.54, 1.807) is 17.0 Å². The summed E-state index contributed by atoms with van der Waals surface area (Å²) in [5.74, 6) is -0.0000491. The summed E-state index contributed by atoms with van der Waals surface area (Å²) in [6.45, 7) is 9.06. The van der Waals surface area contributed by atoms with Crippen LogP contribution in [0.2, 0.25) is 0 Å². The molecule has 1 saturated carbocycles. The lowest BCUT2D eigenvalue weighted by Crippen LogP contribution is -2.55. The van der Waals surface area contributed by atoms with Crippen LogP contribution in [0.25, 0.3) is 4.85 Å². The Hall–Kier alpha value is -2.75. The molecule has 1 saturated heterocycles. The van der Waals surface area contributed by atoms with Crippen molar-refractivity contribution in [2.24, 2.45) is 0 Å². The molecule has 27 heavy (non-hydrogen) atoms. The van der Waals surface area contributed by atoms with E-state index in [4.69, 9.17) is 18.8 Å². The molecule has 0 bridgehead atoms. The molecule has 0 unspecified atom stereocenters. The van der Waals surface area contributed by atoms with Gasteiger partial charge in [-0.25, -0.2) is 4.85 Å². The normalized spacial score (nSPS) is 18.0. The van der Waals surface area contributed by atoms with Crippen LogP contribution in [0.4, 0.5) is 17.1 Å². The average molecular weight is 377 g/mol. The van der Waals surface area contributed by atoms with Crippen LogP contribution < -0.4 is 9.80 Å². The number of rotatable bonds is 3. The zero-order valence-corrected chi connectivity index (χ0v) is 15.8. The third-order valence-corrected chi connectivity index (χ3v) is 5.89. The second-order valence-electron chi connectivity index (χ2n) is 7.05. The zero-order chi connectivity index (χ0) is 19.2. The van der Waals surface area contributed by atoms with Gasteiger partial charge >= 0.3 is 0 Å². The molecular weight excluding hydrogens is 358 g/mol. The van der Waals surface area contributed by atoms with Gasteiger partial charge in [-0.1, -0.05) is 18.2 Å². The number of carbonyl (C=O) groups excluding carboxylic acids is 1. The maximum atomic E-state index is 13.4. The SMILES string of the molecule is [C-]#[N+]c1ccc(N2C(=O)C3(CCC3)N(c3ccc(CO)cc3)C2=S)cc1C. The first-order valence-corrected chi connectivity index (χ1v) is 9.29. The van der Waals surface area contributed by atoms with Gasteiger partial charge in [-0.05, 0) is 73.8 Å². The van der Waals surface area contributed by atoms with Gasteiger partial charge in [0.15, 0.2) is 10.8 Å². The molecular formula is C21H19N3O2S. The molecule has 2 aromatic rings. The van der Waals surface area contributed by atoms with Crippen LogP contribution in [-0.4, -0.2) is 21.7 Å². The van der Waals surface area contributed by atoms with E-state index in [2.05, 4.69) is 4.85 Å². The van der Waals surface area contributed by atoms with Gasteiger partial charge in [-0.2, -0.15) is 0 Å². The Morgan fingerprint density at radius 2 is 1.85 bits per heavy atom. The van der Waals surface area contributed by atoms with Crippen molar-refractivity contribution in [3.05, 3.63) is 65.0 Å². The number of anilines is 2. The number of benzene rings is 2. The number of hydrogen-bond acceptors (Lipinski definition) is 3. The number of hydrogen-bond donors (Lipinski definition) is 1. The second kappa shape index (κ2) is 6.45. The molecule has 1 spiro atoms. The summed E-state index contributed by atoms with van der Waals surface area (Å²) in [5, 5.41) is 9.75. The van der Waals surface area contributed by atoms with Crippen LogP contribution in [0.3, 0.4) is 0 Å². The maximum Gasteiger partial charge on any atom is 0.259 e. The lowest BCUT2D eigenvalue weighted by molar-refractivity contribution is -0.123. The van der Waals surface area contributed by atoms with Crippen molar-refractivity contribution < 1.29 is 9.90 Å². The van der Waals surface area contributed by atoms with Crippen molar-refractivity contribution >= 4 is 40.3 Å². The lowest BCUT2D eigenvalue weighted by Gasteiger charge is -2.43. The summed E-state index contributed by atoms with van der Waals surface area (Å²) >= 11 is 5.74. The Morgan fingerprint density at radius 1 is 1.19 bits per heavy atom. The third-order valence-electron chi connectivity index (χ3n) is 5.53. The molecule has 1 heterocycles. The monoisotopic (exact) mass is 377 g/mol. The van der Waals surface area contributed by atoms with E-state index in [1.165, 1.54) is 0 Å². The Balaban J connectivity index is 1.77. The highest BCUT2D eigenvalue weighted by Gasteiger charge is 2.59. The molecule has 136 valence electrons.